The van der Waals surface area contributed by atoms with Crippen molar-refractivity contribution in [3.63, 3.8) is 0 Å². The van der Waals surface area contributed by atoms with Gasteiger partial charge in [-0.05, 0) is 60.2 Å². The molecule has 0 fully saturated rings. The van der Waals surface area contributed by atoms with Crippen LogP contribution < -0.4 is 15.5 Å². The summed E-state index contributed by atoms with van der Waals surface area (Å²) in [5, 5.41) is 5.45. The second-order valence-electron chi connectivity index (χ2n) is 7.83. The number of benzene rings is 2. The Kier molecular flexibility index (Phi) is 7.76. The number of hydrogen-bond acceptors (Lipinski definition) is 3. The predicted octanol–water partition coefficient (Wildman–Crippen LogP) is 4.08. The number of hydrogen-bond donors (Lipinski definition) is 2. The highest BCUT2D eigenvalue weighted by Crippen LogP contribution is 2.29. The number of amides is 2. The quantitative estimate of drug-likeness (QED) is 0.703. The Morgan fingerprint density at radius 2 is 1.69 bits per heavy atom. The summed E-state index contributed by atoms with van der Waals surface area (Å²) in [4.78, 5) is 26.5. The summed E-state index contributed by atoms with van der Waals surface area (Å²) in [5.74, 6) is -0.583. The minimum Gasteiger partial charge on any atom is -0.378 e. The Morgan fingerprint density at radius 3 is 2.24 bits per heavy atom. The molecule has 0 aromatic heterocycles. The van der Waals surface area contributed by atoms with Crippen molar-refractivity contribution in [3.05, 3.63) is 59.4 Å². The summed E-state index contributed by atoms with van der Waals surface area (Å²) < 4.78 is 13.5. The molecule has 29 heavy (non-hydrogen) atoms. The summed E-state index contributed by atoms with van der Waals surface area (Å²) in [6.07, 6.45) is 0.244. The van der Waals surface area contributed by atoms with E-state index in [1.54, 1.807) is 19.1 Å². The molecule has 2 aromatic carbocycles. The molecule has 0 bridgehead atoms. The summed E-state index contributed by atoms with van der Waals surface area (Å²) in [6.45, 7) is 5.68. The Balaban J connectivity index is 1.89. The van der Waals surface area contributed by atoms with Crippen LogP contribution in [0.1, 0.15) is 37.3 Å². The van der Waals surface area contributed by atoms with Crippen LogP contribution in [0.25, 0.3) is 0 Å². The van der Waals surface area contributed by atoms with Gasteiger partial charge in [0.15, 0.2) is 0 Å². The number of halogens is 1. The lowest BCUT2D eigenvalue weighted by molar-refractivity contribution is -0.124. The van der Waals surface area contributed by atoms with E-state index in [1.165, 1.54) is 6.07 Å². The van der Waals surface area contributed by atoms with Gasteiger partial charge in [0, 0.05) is 31.9 Å². The van der Waals surface area contributed by atoms with Crippen molar-refractivity contribution in [2.45, 2.75) is 33.1 Å². The number of nitrogens with zero attached hydrogens (tertiary/aromatic N) is 1. The maximum atomic E-state index is 13.5. The van der Waals surface area contributed by atoms with Crippen molar-refractivity contribution in [3.8, 4) is 0 Å². The van der Waals surface area contributed by atoms with Crippen LogP contribution in [0.2, 0.25) is 0 Å². The van der Waals surface area contributed by atoms with Gasteiger partial charge in [0.2, 0.25) is 11.8 Å². The third-order valence-corrected chi connectivity index (χ3v) is 4.93. The minimum atomic E-state index is -0.283. The zero-order valence-electron chi connectivity index (χ0n) is 17.8. The number of rotatable bonds is 8. The number of carbonyl (C=O) groups is 2. The van der Waals surface area contributed by atoms with Gasteiger partial charge in [-0.2, -0.15) is 0 Å². The van der Waals surface area contributed by atoms with Crippen LogP contribution in [0.5, 0.6) is 0 Å². The monoisotopic (exact) mass is 399 g/mol. The first-order chi connectivity index (χ1) is 13.7. The number of aryl methyl sites for hydroxylation is 1. The van der Waals surface area contributed by atoms with E-state index in [-0.39, 0.29) is 42.4 Å². The molecule has 0 aliphatic heterocycles. The molecule has 1 unspecified atom stereocenters. The molecule has 0 spiro atoms. The van der Waals surface area contributed by atoms with Gasteiger partial charge in [-0.3, -0.25) is 9.59 Å². The topological polar surface area (TPSA) is 61.4 Å². The first kappa shape index (κ1) is 22.4. The summed E-state index contributed by atoms with van der Waals surface area (Å²) in [6, 6.07) is 12.4. The lowest BCUT2D eigenvalue weighted by atomic mass is 9.85. The van der Waals surface area contributed by atoms with Gasteiger partial charge in [0.05, 0.1) is 6.54 Å². The normalized spacial score (nSPS) is 11.8. The molecule has 2 aromatic rings. The van der Waals surface area contributed by atoms with Crippen molar-refractivity contribution < 1.29 is 14.0 Å². The highest BCUT2D eigenvalue weighted by Gasteiger charge is 2.20. The molecule has 0 saturated heterocycles. The first-order valence-electron chi connectivity index (χ1n) is 9.77. The Morgan fingerprint density at radius 1 is 1.03 bits per heavy atom. The van der Waals surface area contributed by atoms with E-state index < -0.39 is 0 Å². The zero-order chi connectivity index (χ0) is 21.6. The fourth-order valence-electron chi connectivity index (χ4n) is 3.14. The van der Waals surface area contributed by atoms with Crippen molar-refractivity contribution in [2.24, 2.45) is 5.92 Å². The molecule has 0 aliphatic rings. The fraction of sp³-hybridized carbons (Fsp3) is 0.391. The van der Waals surface area contributed by atoms with Crippen molar-refractivity contribution >= 4 is 23.2 Å². The van der Waals surface area contributed by atoms with E-state index in [4.69, 9.17) is 0 Å². The molecule has 2 rings (SSSR count). The molecule has 0 radical (unpaired) electrons. The van der Waals surface area contributed by atoms with Gasteiger partial charge in [-0.15, -0.1) is 0 Å². The Bertz CT molecular complexity index is 848. The number of carbonyl (C=O) groups excluding carboxylic acids is 2. The molecule has 0 saturated carbocycles. The molecule has 6 heteroatoms. The predicted molar refractivity (Wildman–Crippen MR) is 116 cm³/mol. The van der Waals surface area contributed by atoms with E-state index >= 15 is 0 Å². The average Bonchev–Trinajstić information content (AvgIpc) is 2.67. The smallest absolute Gasteiger partial charge is 0.243 e. The second kappa shape index (κ2) is 10.0. The average molecular weight is 400 g/mol. The van der Waals surface area contributed by atoms with Crippen LogP contribution in [0, 0.1) is 18.7 Å². The standard InChI is InChI=1S/C23H30FN3O2/c1-15(2)20(17-6-11-21(24)16(3)12-17)13-22(28)25-14-23(29)26-18-7-9-19(10-8-18)27(4)5/h6-12,15,20H,13-14H2,1-5H3,(H,25,28)(H,26,29). The van der Waals surface area contributed by atoms with Crippen LogP contribution in [0.15, 0.2) is 42.5 Å². The van der Waals surface area contributed by atoms with Crippen molar-refractivity contribution in [1.82, 2.24) is 5.32 Å². The molecular weight excluding hydrogens is 369 g/mol. The molecular formula is C23H30FN3O2. The SMILES string of the molecule is Cc1cc(C(CC(=O)NCC(=O)Nc2ccc(N(C)C)cc2)C(C)C)ccc1F. The molecule has 1 atom stereocenters. The Labute approximate surface area is 172 Å². The van der Waals surface area contributed by atoms with E-state index in [0.717, 1.165) is 11.3 Å². The largest absolute Gasteiger partial charge is 0.378 e. The summed E-state index contributed by atoms with van der Waals surface area (Å²) in [7, 11) is 3.89. The van der Waals surface area contributed by atoms with E-state index in [0.29, 0.717) is 11.3 Å². The van der Waals surface area contributed by atoms with Crippen molar-refractivity contribution in [2.75, 3.05) is 30.9 Å². The van der Waals surface area contributed by atoms with Crippen LogP contribution in [0.3, 0.4) is 0 Å². The zero-order valence-corrected chi connectivity index (χ0v) is 17.8. The molecule has 0 heterocycles. The maximum absolute atomic E-state index is 13.5. The highest BCUT2D eigenvalue weighted by atomic mass is 19.1. The molecule has 5 nitrogen and oxygen atoms in total. The summed E-state index contributed by atoms with van der Waals surface area (Å²) >= 11 is 0. The van der Waals surface area contributed by atoms with Crippen LogP contribution in [-0.4, -0.2) is 32.5 Å². The van der Waals surface area contributed by atoms with Crippen LogP contribution >= 0.6 is 0 Å². The van der Waals surface area contributed by atoms with Crippen molar-refractivity contribution in [1.29, 1.82) is 0 Å². The second-order valence-corrected chi connectivity index (χ2v) is 7.83. The van der Waals surface area contributed by atoms with E-state index in [9.17, 15) is 14.0 Å². The van der Waals surface area contributed by atoms with Crippen LogP contribution in [-0.2, 0) is 9.59 Å². The van der Waals surface area contributed by atoms with Gasteiger partial charge in [0.25, 0.3) is 0 Å². The van der Waals surface area contributed by atoms with Gasteiger partial charge in [0.1, 0.15) is 5.82 Å². The Hall–Kier alpha value is -2.89. The van der Waals surface area contributed by atoms with Gasteiger partial charge < -0.3 is 15.5 Å². The van der Waals surface area contributed by atoms with Gasteiger partial charge in [-0.1, -0.05) is 26.0 Å². The molecule has 156 valence electrons. The lowest BCUT2D eigenvalue weighted by Crippen LogP contribution is -2.34. The third kappa shape index (κ3) is 6.59. The lowest BCUT2D eigenvalue weighted by Gasteiger charge is -2.21. The van der Waals surface area contributed by atoms with Gasteiger partial charge >= 0.3 is 0 Å². The summed E-state index contributed by atoms with van der Waals surface area (Å²) in [5.41, 5.74) is 3.21. The van der Waals surface area contributed by atoms with Gasteiger partial charge in [-0.25, -0.2) is 4.39 Å². The molecule has 2 N–H and O–H groups in total. The third-order valence-electron chi connectivity index (χ3n) is 4.93. The highest BCUT2D eigenvalue weighted by molar-refractivity contribution is 5.94. The number of nitrogens with one attached hydrogen (secondary N) is 2. The first-order valence-corrected chi connectivity index (χ1v) is 9.77. The van der Waals surface area contributed by atoms with E-state index in [1.807, 2.05) is 57.1 Å². The van der Waals surface area contributed by atoms with E-state index in [2.05, 4.69) is 10.6 Å². The number of anilines is 2. The molecule has 0 aliphatic carbocycles. The van der Waals surface area contributed by atoms with Crippen LogP contribution in [0.4, 0.5) is 15.8 Å². The minimum absolute atomic E-state index is 0.0454. The fourth-order valence-corrected chi connectivity index (χ4v) is 3.14. The maximum Gasteiger partial charge on any atom is 0.243 e. The molecule has 2 amide bonds.